The van der Waals surface area contributed by atoms with E-state index in [9.17, 15) is 9.59 Å². The van der Waals surface area contributed by atoms with E-state index in [0.29, 0.717) is 12.2 Å². The van der Waals surface area contributed by atoms with Gasteiger partial charge in [0.2, 0.25) is 11.8 Å². The average molecular weight is 483 g/mol. The Labute approximate surface area is 211 Å². The molecule has 4 rings (SSSR count). The van der Waals surface area contributed by atoms with Crippen molar-refractivity contribution >= 4 is 11.8 Å². The predicted octanol–water partition coefficient (Wildman–Crippen LogP) is 5.31. The fourth-order valence-electron chi connectivity index (χ4n) is 4.08. The molecule has 0 saturated carbocycles. The molecule has 0 aliphatic heterocycles. The van der Waals surface area contributed by atoms with Gasteiger partial charge in [0.25, 0.3) is 0 Å². The molecule has 0 unspecified atom stereocenters. The lowest BCUT2D eigenvalue weighted by atomic mass is 10.0. The predicted molar refractivity (Wildman–Crippen MR) is 138 cm³/mol. The van der Waals surface area contributed by atoms with Crippen molar-refractivity contribution in [3.05, 3.63) is 126 Å². The monoisotopic (exact) mass is 482 g/mol. The van der Waals surface area contributed by atoms with Crippen molar-refractivity contribution in [2.24, 2.45) is 0 Å². The molecule has 1 atom stereocenters. The van der Waals surface area contributed by atoms with Gasteiger partial charge in [-0.1, -0.05) is 72.8 Å². The van der Waals surface area contributed by atoms with E-state index < -0.39 is 6.04 Å². The normalized spacial score (nSPS) is 11.5. The maximum absolute atomic E-state index is 13.7. The summed E-state index contributed by atoms with van der Waals surface area (Å²) in [5.41, 5.74) is 2.73. The third-order valence-corrected chi connectivity index (χ3v) is 5.99. The van der Waals surface area contributed by atoms with E-state index in [1.165, 1.54) is 0 Å². The Morgan fingerprint density at radius 3 is 2.19 bits per heavy atom. The molecule has 1 aromatic heterocycles. The molecule has 184 valence electrons. The van der Waals surface area contributed by atoms with Crippen LogP contribution in [0.3, 0.4) is 0 Å². The summed E-state index contributed by atoms with van der Waals surface area (Å²) in [5.74, 6) is 1.01. The summed E-state index contributed by atoms with van der Waals surface area (Å²) in [4.78, 5) is 28.9. The van der Waals surface area contributed by atoms with Crippen molar-refractivity contribution in [3.8, 4) is 5.75 Å². The van der Waals surface area contributed by atoms with Crippen LogP contribution in [-0.4, -0.2) is 23.8 Å². The van der Waals surface area contributed by atoms with Crippen LogP contribution in [0.2, 0.25) is 0 Å². The molecule has 0 fully saturated rings. The van der Waals surface area contributed by atoms with Crippen LogP contribution in [0.5, 0.6) is 5.75 Å². The zero-order chi connectivity index (χ0) is 25.2. The van der Waals surface area contributed by atoms with Gasteiger partial charge in [0.15, 0.2) is 0 Å². The number of hydrogen-bond acceptors (Lipinski definition) is 4. The minimum atomic E-state index is -0.800. The fraction of sp³-hybridized carbons (Fsp3) is 0.200. The van der Waals surface area contributed by atoms with Gasteiger partial charge in [-0.2, -0.15) is 0 Å². The van der Waals surface area contributed by atoms with Crippen LogP contribution in [-0.2, 0) is 29.1 Å². The third-order valence-electron chi connectivity index (χ3n) is 5.99. The molecule has 0 saturated heterocycles. The second-order valence-corrected chi connectivity index (χ2v) is 8.47. The molecule has 0 radical (unpaired) electrons. The zero-order valence-corrected chi connectivity index (χ0v) is 20.3. The second-order valence-electron chi connectivity index (χ2n) is 8.47. The number of carbonyl (C=O) groups is 2. The first-order valence-electron chi connectivity index (χ1n) is 12.0. The van der Waals surface area contributed by atoms with Gasteiger partial charge in [-0.15, -0.1) is 0 Å². The maximum atomic E-state index is 13.7. The van der Waals surface area contributed by atoms with Crippen LogP contribution in [0.25, 0.3) is 0 Å². The van der Waals surface area contributed by atoms with E-state index in [4.69, 9.17) is 9.15 Å². The Bertz CT molecular complexity index is 1220. The van der Waals surface area contributed by atoms with Gasteiger partial charge >= 0.3 is 0 Å². The zero-order valence-electron chi connectivity index (χ0n) is 20.3. The van der Waals surface area contributed by atoms with Crippen molar-refractivity contribution < 1.29 is 18.7 Å². The Balaban J connectivity index is 1.62. The highest BCUT2D eigenvalue weighted by Gasteiger charge is 2.31. The molecule has 6 heteroatoms. The number of amides is 2. The van der Waals surface area contributed by atoms with Gasteiger partial charge in [-0.05, 0) is 47.4 Å². The van der Waals surface area contributed by atoms with Crippen LogP contribution in [0, 0.1) is 0 Å². The van der Waals surface area contributed by atoms with E-state index in [1.807, 2.05) is 84.9 Å². The Morgan fingerprint density at radius 1 is 0.861 bits per heavy atom. The second kappa shape index (κ2) is 12.4. The smallest absolute Gasteiger partial charge is 0.247 e. The lowest BCUT2D eigenvalue weighted by molar-refractivity contribution is -0.141. The number of rotatable bonds is 11. The van der Waals surface area contributed by atoms with Crippen molar-refractivity contribution in [1.29, 1.82) is 0 Å². The van der Waals surface area contributed by atoms with E-state index in [1.54, 1.807) is 30.4 Å². The Hall–Kier alpha value is -4.32. The first-order chi connectivity index (χ1) is 17.6. The molecular formula is C30H30N2O4. The summed E-state index contributed by atoms with van der Waals surface area (Å²) in [5, 5.41) is 2.95. The van der Waals surface area contributed by atoms with E-state index >= 15 is 0 Å². The largest absolute Gasteiger partial charge is 0.497 e. The number of methoxy groups -OCH3 is 1. The lowest BCUT2D eigenvalue weighted by Gasteiger charge is -2.32. The highest BCUT2D eigenvalue weighted by molar-refractivity contribution is 5.88. The van der Waals surface area contributed by atoms with Gasteiger partial charge < -0.3 is 19.4 Å². The van der Waals surface area contributed by atoms with Crippen molar-refractivity contribution in [1.82, 2.24) is 10.2 Å². The number of furan rings is 1. The molecule has 0 aliphatic rings. The molecule has 0 aliphatic carbocycles. The van der Waals surface area contributed by atoms with Crippen LogP contribution >= 0.6 is 0 Å². The number of aryl methyl sites for hydroxylation is 1. The molecule has 0 bridgehead atoms. The maximum Gasteiger partial charge on any atom is 0.247 e. The highest BCUT2D eigenvalue weighted by Crippen LogP contribution is 2.26. The van der Waals surface area contributed by atoms with Gasteiger partial charge in [-0.3, -0.25) is 9.59 Å². The molecule has 3 aromatic carbocycles. The average Bonchev–Trinajstić information content (AvgIpc) is 3.45. The Morgan fingerprint density at radius 2 is 1.56 bits per heavy atom. The van der Waals surface area contributed by atoms with Gasteiger partial charge in [-0.25, -0.2) is 0 Å². The highest BCUT2D eigenvalue weighted by atomic mass is 16.5. The van der Waals surface area contributed by atoms with Crippen LogP contribution in [0.15, 0.2) is 108 Å². The van der Waals surface area contributed by atoms with Gasteiger partial charge in [0, 0.05) is 13.0 Å². The molecule has 2 amide bonds. The first-order valence-corrected chi connectivity index (χ1v) is 12.0. The number of hydrogen-bond donors (Lipinski definition) is 1. The van der Waals surface area contributed by atoms with E-state index in [0.717, 1.165) is 22.4 Å². The quantitative estimate of drug-likeness (QED) is 0.315. The number of nitrogens with zero attached hydrogens (tertiary/aromatic N) is 1. The number of benzene rings is 3. The first kappa shape index (κ1) is 24.8. The molecule has 36 heavy (non-hydrogen) atoms. The topological polar surface area (TPSA) is 71.8 Å². The minimum absolute atomic E-state index is 0.100. The number of nitrogens with one attached hydrogen (secondary N) is 1. The van der Waals surface area contributed by atoms with Crippen molar-refractivity contribution in [3.63, 3.8) is 0 Å². The third kappa shape index (κ3) is 6.63. The lowest BCUT2D eigenvalue weighted by Crippen LogP contribution is -2.43. The SMILES string of the molecule is COc1ccc(CN(C(=O)CCc2ccccc2)[C@@H](C(=O)NCc2ccco2)c2ccccc2)cc1. The summed E-state index contributed by atoms with van der Waals surface area (Å²) in [6.07, 6.45) is 2.45. The minimum Gasteiger partial charge on any atom is -0.497 e. The van der Waals surface area contributed by atoms with E-state index in [-0.39, 0.29) is 31.3 Å². The number of carbonyl (C=O) groups excluding carboxylic acids is 2. The summed E-state index contributed by atoms with van der Waals surface area (Å²) in [7, 11) is 1.61. The Kier molecular flexibility index (Phi) is 8.54. The molecule has 4 aromatic rings. The molecule has 1 heterocycles. The number of ether oxygens (including phenoxy) is 1. The van der Waals surface area contributed by atoms with Crippen molar-refractivity contribution in [2.75, 3.05) is 7.11 Å². The summed E-state index contributed by atoms with van der Waals surface area (Å²) >= 11 is 0. The van der Waals surface area contributed by atoms with Crippen LogP contribution < -0.4 is 10.1 Å². The molecule has 0 spiro atoms. The fourth-order valence-corrected chi connectivity index (χ4v) is 4.08. The summed E-state index contributed by atoms with van der Waals surface area (Å²) in [6.45, 7) is 0.523. The van der Waals surface area contributed by atoms with Gasteiger partial charge in [0.05, 0.1) is 19.9 Å². The van der Waals surface area contributed by atoms with Crippen molar-refractivity contribution in [2.45, 2.75) is 32.0 Å². The summed E-state index contributed by atoms with van der Waals surface area (Å²) in [6, 6.07) is 29.6. The molecule has 1 N–H and O–H groups in total. The van der Waals surface area contributed by atoms with Crippen LogP contribution in [0.1, 0.15) is 34.9 Å². The standard InChI is InChI=1S/C30H30N2O4/c1-35-26-17-14-24(15-18-26)22-32(28(33)19-16-23-9-4-2-5-10-23)29(25-11-6-3-7-12-25)30(34)31-21-27-13-8-20-36-27/h2-15,17-18,20,29H,16,19,21-22H2,1H3,(H,31,34)/t29-/m1/s1. The summed E-state index contributed by atoms with van der Waals surface area (Å²) < 4.78 is 10.7. The molecule has 6 nitrogen and oxygen atoms in total. The van der Waals surface area contributed by atoms with E-state index in [2.05, 4.69) is 5.32 Å². The van der Waals surface area contributed by atoms with Gasteiger partial charge in [0.1, 0.15) is 17.6 Å². The molecular weight excluding hydrogens is 452 g/mol. The van der Waals surface area contributed by atoms with Crippen LogP contribution in [0.4, 0.5) is 0 Å².